The lowest BCUT2D eigenvalue weighted by molar-refractivity contribution is -0.140. The topological polar surface area (TPSA) is 49.9 Å². The fourth-order valence-electron chi connectivity index (χ4n) is 3.11. The number of piperazine rings is 1. The van der Waals surface area contributed by atoms with Crippen LogP contribution in [0, 0.1) is 5.92 Å². The molecule has 1 saturated heterocycles. The van der Waals surface area contributed by atoms with Gasteiger partial charge in [0.2, 0.25) is 5.91 Å². The first-order valence-electron chi connectivity index (χ1n) is 9.05. The van der Waals surface area contributed by atoms with Gasteiger partial charge in [0.15, 0.2) is 0 Å². The maximum absolute atomic E-state index is 12.8. The molecule has 0 aliphatic carbocycles. The summed E-state index contributed by atoms with van der Waals surface area (Å²) in [4.78, 5) is 29.1. The molecule has 2 atom stereocenters. The van der Waals surface area contributed by atoms with Gasteiger partial charge in [0.1, 0.15) is 5.60 Å². The molecule has 0 aromatic heterocycles. The Kier molecular flexibility index (Phi) is 6.37. The third-order valence-electron chi connectivity index (χ3n) is 4.40. The van der Waals surface area contributed by atoms with Crippen LogP contribution in [-0.2, 0) is 9.53 Å². The molecule has 0 N–H and O–H groups in total. The summed E-state index contributed by atoms with van der Waals surface area (Å²) in [6.07, 6.45) is -0.339. The van der Waals surface area contributed by atoms with Gasteiger partial charge in [0.05, 0.1) is 6.04 Å². The Hall–Kier alpha value is -1.56. The number of hydrogen-bond donors (Lipinski definition) is 0. The van der Waals surface area contributed by atoms with Crippen LogP contribution < -0.4 is 0 Å². The van der Waals surface area contributed by atoms with E-state index in [2.05, 4.69) is 15.9 Å². The van der Waals surface area contributed by atoms with Gasteiger partial charge >= 0.3 is 6.09 Å². The third-order valence-corrected chi connectivity index (χ3v) is 4.93. The first-order chi connectivity index (χ1) is 12.0. The second-order valence-corrected chi connectivity index (χ2v) is 9.11. The Bertz CT molecular complexity index is 652. The monoisotopic (exact) mass is 424 g/mol. The molecule has 2 amide bonds. The minimum absolute atomic E-state index is 0.0517. The Morgan fingerprint density at radius 3 is 2.19 bits per heavy atom. The Labute approximate surface area is 164 Å². The number of hydrogen-bond acceptors (Lipinski definition) is 3. The lowest BCUT2D eigenvalue weighted by atomic mass is 9.98. The minimum Gasteiger partial charge on any atom is -0.444 e. The molecule has 1 aliphatic heterocycles. The molecule has 1 heterocycles. The molecule has 26 heavy (non-hydrogen) atoms. The van der Waals surface area contributed by atoms with Crippen LogP contribution in [0.1, 0.15) is 53.1 Å². The number of ether oxygens (including phenoxy) is 1. The zero-order valence-electron chi connectivity index (χ0n) is 16.5. The average Bonchev–Trinajstić information content (AvgIpc) is 2.53. The third kappa shape index (κ3) is 5.00. The molecule has 5 nitrogen and oxygen atoms in total. The van der Waals surface area contributed by atoms with Crippen molar-refractivity contribution < 1.29 is 14.3 Å². The minimum atomic E-state index is -0.560. The van der Waals surface area contributed by atoms with Gasteiger partial charge in [-0.05, 0) is 45.4 Å². The number of rotatable bonds is 2. The number of amides is 2. The van der Waals surface area contributed by atoms with Crippen molar-refractivity contribution in [2.75, 3.05) is 13.1 Å². The lowest BCUT2D eigenvalue weighted by Crippen LogP contribution is -2.58. The zero-order valence-corrected chi connectivity index (χ0v) is 18.0. The summed E-state index contributed by atoms with van der Waals surface area (Å²) in [6, 6.07) is 7.60. The Morgan fingerprint density at radius 2 is 1.69 bits per heavy atom. The summed E-state index contributed by atoms with van der Waals surface area (Å²) in [5.41, 5.74) is 0.433. The predicted molar refractivity (Wildman–Crippen MR) is 106 cm³/mol. The van der Waals surface area contributed by atoms with Crippen LogP contribution in [0.15, 0.2) is 28.7 Å². The molecule has 1 fully saturated rings. The molecule has 0 saturated carbocycles. The first-order valence-corrected chi connectivity index (χ1v) is 9.84. The Balaban J connectivity index is 2.34. The summed E-state index contributed by atoms with van der Waals surface area (Å²) in [5.74, 6) is 0.0412. The smallest absolute Gasteiger partial charge is 0.410 e. The van der Waals surface area contributed by atoms with Crippen LogP contribution in [0.2, 0.25) is 0 Å². The highest BCUT2D eigenvalue weighted by Crippen LogP contribution is 2.31. The molecule has 1 aromatic rings. The molecular weight excluding hydrogens is 396 g/mol. The molecule has 1 aliphatic rings. The van der Waals surface area contributed by atoms with Crippen LogP contribution in [0.3, 0.4) is 0 Å². The maximum Gasteiger partial charge on any atom is 0.410 e. The van der Waals surface area contributed by atoms with Gasteiger partial charge in [0, 0.05) is 29.5 Å². The Morgan fingerprint density at radius 1 is 1.12 bits per heavy atom. The van der Waals surface area contributed by atoms with Gasteiger partial charge in [-0.1, -0.05) is 41.9 Å². The van der Waals surface area contributed by atoms with Gasteiger partial charge in [-0.15, -0.1) is 0 Å². The molecule has 0 bridgehead atoms. The fourth-order valence-corrected chi connectivity index (χ4v) is 3.37. The second kappa shape index (κ2) is 7.99. The highest BCUT2D eigenvalue weighted by molar-refractivity contribution is 9.10. The van der Waals surface area contributed by atoms with Crippen LogP contribution in [0.4, 0.5) is 4.79 Å². The number of nitrogens with zero attached hydrogens (tertiary/aromatic N) is 2. The number of carbonyl (C=O) groups is 2. The van der Waals surface area contributed by atoms with Crippen LogP contribution in [0.5, 0.6) is 0 Å². The van der Waals surface area contributed by atoms with Crippen molar-refractivity contribution in [3.8, 4) is 0 Å². The molecule has 0 unspecified atom stereocenters. The number of halogens is 1. The molecule has 0 radical (unpaired) electrons. The van der Waals surface area contributed by atoms with Gasteiger partial charge in [0.25, 0.3) is 0 Å². The largest absolute Gasteiger partial charge is 0.444 e. The van der Waals surface area contributed by atoms with E-state index in [9.17, 15) is 9.59 Å². The van der Waals surface area contributed by atoms with Crippen molar-refractivity contribution in [2.45, 2.75) is 59.2 Å². The maximum atomic E-state index is 12.8. The van der Waals surface area contributed by atoms with Gasteiger partial charge in [-0.25, -0.2) is 4.79 Å². The van der Waals surface area contributed by atoms with Crippen molar-refractivity contribution >= 4 is 27.9 Å². The van der Waals surface area contributed by atoms with E-state index >= 15 is 0 Å². The summed E-state index contributed by atoms with van der Waals surface area (Å²) in [6.45, 7) is 12.3. The first kappa shape index (κ1) is 20.7. The van der Waals surface area contributed by atoms with E-state index in [1.165, 1.54) is 0 Å². The van der Waals surface area contributed by atoms with Gasteiger partial charge in [-0.3, -0.25) is 9.69 Å². The normalized spacial score (nSPS) is 21.1. The van der Waals surface area contributed by atoms with Crippen LogP contribution in [0.25, 0.3) is 0 Å². The van der Waals surface area contributed by atoms with Crippen molar-refractivity contribution in [1.29, 1.82) is 0 Å². The SMILES string of the molecule is CC(C)C(=O)N1C[C@H](c2ccc(Br)cc2)N(C(=O)OC(C)(C)C)C[C@H]1C. The van der Waals surface area contributed by atoms with Crippen LogP contribution >= 0.6 is 15.9 Å². The lowest BCUT2D eigenvalue weighted by Gasteiger charge is -2.46. The van der Waals surface area contributed by atoms with E-state index in [0.717, 1.165) is 10.0 Å². The van der Waals surface area contributed by atoms with Gasteiger partial charge in [-0.2, -0.15) is 0 Å². The van der Waals surface area contributed by atoms with Crippen molar-refractivity contribution in [1.82, 2.24) is 9.80 Å². The number of benzene rings is 1. The predicted octanol–water partition coefficient (Wildman–Crippen LogP) is 4.61. The van der Waals surface area contributed by atoms with Crippen molar-refractivity contribution in [3.05, 3.63) is 34.3 Å². The summed E-state index contributed by atoms with van der Waals surface area (Å²) >= 11 is 3.45. The van der Waals surface area contributed by atoms with E-state index < -0.39 is 5.60 Å². The van der Waals surface area contributed by atoms with E-state index in [4.69, 9.17) is 4.74 Å². The highest BCUT2D eigenvalue weighted by Gasteiger charge is 2.39. The highest BCUT2D eigenvalue weighted by atomic mass is 79.9. The van der Waals surface area contributed by atoms with E-state index in [1.807, 2.05) is 70.7 Å². The summed E-state index contributed by atoms with van der Waals surface area (Å²) in [7, 11) is 0. The molecule has 0 spiro atoms. The average molecular weight is 425 g/mol. The van der Waals surface area contributed by atoms with Gasteiger partial charge < -0.3 is 9.64 Å². The van der Waals surface area contributed by atoms with E-state index in [0.29, 0.717) is 13.1 Å². The van der Waals surface area contributed by atoms with E-state index in [1.54, 1.807) is 4.90 Å². The molecule has 2 rings (SSSR count). The summed E-state index contributed by atoms with van der Waals surface area (Å²) < 4.78 is 6.59. The van der Waals surface area contributed by atoms with E-state index in [-0.39, 0.29) is 30.0 Å². The number of carbonyl (C=O) groups excluding carboxylic acids is 2. The van der Waals surface area contributed by atoms with Crippen LogP contribution in [-0.4, -0.2) is 46.5 Å². The second-order valence-electron chi connectivity index (χ2n) is 8.19. The molecular formula is C20H29BrN2O3. The van der Waals surface area contributed by atoms with Crippen molar-refractivity contribution in [3.63, 3.8) is 0 Å². The van der Waals surface area contributed by atoms with Crippen molar-refractivity contribution in [2.24, 2.45) is 5.92 Å². The molecule has 144 valence electrons. The fraction of sp³-hybridized carbons (Fsp3) is 0.600. The summed E-state index contributed by atoms with van der Waals surface area (Å²) in [5, 5.41) is 0. The quantitative estimate of drug-likeness (QED) is 0.695. The standard InChI is InChI=1S/C20H29BrN2O3/c1-13(2)18(24)22-12-17(15-7-9-16(21)10-8-15)23(11-14(22)3)19(25)26-20(4,5)6/h7-10,13-14,17H,11-12H2,1-6H3/t14-,17-/m1/s1. The molecule has 6 heteroatoms. The zero-order chi connectivity index (χ0) is 19.6. The molecule has 1 aromatic carbocycles.